The molecule has 0 spiro atoms. The molecule has 25 heavy (non-hydrogen) atoms. The average Bonchev–Trinajstić information content (AvgIpc) is 2.66. The van der Waals surface area contributed by atoms with Crippen LogP contribution in [0, 0.1) is 0 Å². The number of carbonyl (C=O) groups excluding carboxylic acids is 1. The molecule has 0 fully saturated rings. The van der Waals surface area contributed by atoms with E-state index in [-0.39, 0.29) is 10.8 Å². The number of anilines is 1. The molecule has 1 amide bonds. The zero-order valence-corrected chi connectivity index (χ0v) is 15.0. The highest BCUT2D eigenvalue weighted by molar-refractivity contribution is 7.89. The quantitative estimate of drug-likeness (QED) is 0.786. The fourth-order valence-corrected chi connectivity index (χ4v) is 3.96. The van der Waals surface area contributed by atoms with Crippen molar-refractivity contribution >= 4 is 21.6 Å². The third-order valence-electron chi connectivity index (χ3n) is 4.33. The van der Waals surface area contributed by atoms with Crippen LogP contribution in [0.1, 0.15) is 22.3 Å². The monoisotopic (exact) mass is 360 g/mol. The van der Waals surface area contributed by atoms with E-state index < -0.39 is 10.0 Å². The molecule has 1 aliphatic heterocycles. The Bertz CT molecular complexity index is 895. The molecule has 6 nitrogen and oxygen atoms in total. The van der Waals surface area contributed by atoms with Gasteiger partial charge in [0.2, 0.25) is 0 Å². The SMILES string of the molecule is CON(C)S(=O)(=O)c1cccc(C(=O)N2CCCc3ccccc32)c1. The summed E-state index contributed by atoms with van der Waals surface area (Å²) in [6, 6.07) is 13.8. The van der Waals surface area contributed by atoms with Gasteiger partial charge in [0.15, 0.2) is 0 Å². The second-order valence-corrected chi connectivity index (χ2v) is 7.75. The first-order valence-electron chi connectivity index (χ1n) is 7.98. The number of aryl methyl sites for hydroxylation is 1. The van der Waals surface area contributed by atoms with Crippen molar-refractivity contribution in [1.29, 1.82) is 0 Å². The summed E-state index contributed by atoms with van der Waals surface area (Å²) in [7, 11) is -1.21. The van der Waals surface area contributed by atoms with Crippen molar-refractivity contribution in [3.63, 3.8) is 0 Å². The highest BCUT2D eigenvalue weighted by Gasteiger charge is 2.26. The minimum atomic E-state index is -3.80. The maximum Gasteiger partial charge on any atom is 0.264 e. The van der Waals surface area contributed by atoms with Gasteiger partial charge in [0, 0.05) is 24.8 Å². The largest absolute Gasteiger partial charge is 0.308 e. The lowest BCUT2D eigenvalue weighted by molar-refractivity contribution is -0.0258. The van der Waals surface area contributed by atoms with E-state index in [4.69, 9.17) is 4.84 Å². The van der Waals surface area contributed by atoms with Gasteiger partial charge in [0.1, 0.15) is 0 Å². The van der Waals surface area contributed by atoms with Crippen molar-refractivity contribution in [1.82, 2.24) is 4.47 Å². The Kier molecular flexibility index (Phi) is 4.89. The van der Waals surface area contributed by atoms with Gasteiger partial charge in [-0.15, -0.1) is 0 Å². The molecule has 2 aromatic rings. The van der Waals surface area contributed by atoms with E-state index in [1.54, 1.807) is 17.0 Å². The topological polar surface area (TPSA) is 66.9 Å². The van der Waals surface area contributed by atoms with Crippen LogP contribution in [0.2, 0.25) is 0 Å². The fraction of sp³-hybridized carbons (Fsp3) is 0.278. The first-order valence-corrected chi connectivity index (χ1v) is 9.42. The van der Waals surface area contributed by atoms with Gasteiger partial charge in [0.25, 0.3) is 15.9 Å². The summed E-state index contributed by atoms with van der Waals surface area (Å²) >= 11 is 0. The number of rotatable bonds is 4. The molecule has 0 saturated heterocycles. The second kappa shape index (κ2) is 6.95. The van der Waals surface area contributed by atoms with Crippen LogP contribution in [0.4, 0.5) is 5.69 Å². The van der Waals surface area contributed by atoms with Crippen LogP contribution in [0.15, 0.2) is 53.4 Å². The van der Waals surface area contributed by atoms with Crippen LogP contribution in [-0.4, -0.2) is 39.5 Å². The zero-order valence-electron chi connectivity index (χ0n) is 14.2. The van der Waals surface area contributed by atoms with Gasteiger partial charge in [-0.3, -0.25) is 9.63 Å². The van der Waals surface area contributed by atoms with Crippen LogP contribution in [0.5, 0.6) is 0 Å². The predicted molar refractivity (Wildman–Crippen MR) is 94.8 cm³/mol. The Labute approximate surface area is 147 Å². The highest BCUT2D eigenvalue weighted by atomic mass is 32.2. The van der Waals surface area contributed by atoms with Crippen molar-refractivity contribution < 1.29 is 18.0 Å². The van der Waals surface area contributed by atoms with E-state index in [0.717, 1.165) is 28.6 Å². The lowest BCUT2D eigenvalue weighted by Gasteiger charge is -2.29. The third kappa shape index (κ3) is 3.30. The molecule has 132 valence electrons. The van der Waals surface area contributed by atoms with Crippen molar-refractivity contribution in [2.45, 2.75) is 17.7 Å². The molecule has 7 heteroatoms. The van der Waals surface area contributed by atoms with E-state index >= 15 is 0 Å². The number of benzene rings is 2. The van der Waals surface area contributed by atoms with Gasteiger partial charge in [0.05, 0.1) is 12.0 Å². The van der Waals surface area contributed by atoms with Gasteiger partial charge < -0.3 is 4.90 Å². The van der Waals surface area contributed by atoms with Crippen molar-refractivity contribution in [2.75, 3.05) is 25.6 Å². The van der Waals surface area contributed by atoms with Gasteiger partial charge in [-0.1, -0.05) is 28.7 Å². The Morgan fingerprint density at radius 2 is 1.92 bits per heavy atom. The molecule has 0 bridgehead atoms. The Balaban J connectivity index is 1.96. The Hall–Kier alpha value is -2.22. The molecule has 0 aromatic heterocycles. The number of hydrogen-bond donors (Lipinski definition) is 0. The highest BCUT2D eigenvalue weighted by Crippen LogP contribution is 2.28. The summed E-state index contributed by atoms with van der Waals surface area (Å²) in [6.07, 6.45) is 1.82. The first kappa shape index (κ1) is 17.6. The smallest absolute Gasteiger partial charge is 0.264 e. The number of sulfonamides is 1. The second-order valence-electron chi connectivity index (χ2n) is 5.81. The Morgan fingerprint density at radius 3 is 2.68 bits per heavy atom. The summed E-state index contributed by atoms with van der Waals surface area (Å²) in [5.74, 6) is -0.204. The lowest BCUT2D eigenvalue weighted by Crippen LogP contribution is -2.35. The molecule has 0 radical (unpaired) electrons. The number of hydroxylamine groups is 1. The number of hydrogen-bond acceptors (Lipinski definition) is 4. The number of carbonyl (C=O) groups is 1. The molecule has 0 aliphatic carbocycles. The maximum atomic E-state index is 13.0. The Morgan fingerprint density at radius 1 is 1.16 bits per heavy atom. The number of amides is 1. The van der Waals surface area contributed by atoms with Crippen LogP contribution >= 0.6 is 0 Å². The molecule has 0 saturated carbocycles. The summed E-state index contributed by atoms with van der Waals surface area (Å²) in [5, 5.41) is 0. The maximum absolute atomic E-state index is 13.0. The molecule has 1 heterocycles. The average molecular weight is 360 g/mol. The molecular formula is C18H20N2O4S. The zero-order chi connectivity index (χ0) is 18.0. The third-order valence-corrected chi connectivity index (χ3v) is 6.01. The standard InChI is InChI=1S/C18H20N2O4S/c1-19(24-2)25(22,23)16-10-5-8-15(13-16)18(21)20-12-6-9-14-7-3-4-11-17(14)20/h3-5,7-8,10-11,13H,6,9,12H2,1-2H3. The molecule has 3 rings (SSSR count). The molecule has 1 aliphatic rings. The summed E-state index contributed by atoms with van der Waals surface area (Å²) in [4.78, 5) is 19.5. The van der Waals surface area contributed by atoms with Crippen LogP contribution in [0.25, 0.3) is 0 Å². The van der Waals surface area contributed by atoms with E-state index in [0.29, 0.717) is 12.1 Å². The van der Waals surface area contributed by atoms with Crippen molar-refractivity contribution in [2.24, 2.45) is 0 Å². The fourth-order valence-electron chi connectivity index (χ4n) is 2.94. The molecule has 0 atom stereocenters. The van der Waals surface area contributed by atoms with E-state index in [9.17, 15) is 13.2 Å². The summed E-state index contributed by atoms with van der Waals surface area (Å²) in [6.45, 7) is 0.616. The minimum absolute atomic E-state index is 0.0213. The normalized spacial score (nSPS) is 14.4. The van der Waals surface area contributed by atoms with Gasteiger partial charge in [-0.2, -0.15) is 0 Å². The molecular weight excluding hydrogens is 340 g/mol. The van der Waals surface area contributed by atoms with E-state index in [2.05, 4.69) is 0 Å². The van der Waals surface area contributed by atoms with Gasteiger partial charge in [-0.05, 0) is 42.7 Å². The first-order chi connectivity index (χ1) is 11.9. The van der Waals surface area contributed by atoms with Crippen LogP contribution < -0.4 is 4.90 Å². The van der Waals surface area contributed by atoms with Gasteiger partial charge in [-0.25, -0.2) is 8.42 Å². The van der Waals surface area contributed by atoms with Crippen LogP contribution in [-0.2, 0) is 21.3 Å². The van der Waals surface area contributed by atoms with Gasteiger partial charge >= 0.3 is 0 Å². The summed E-state index contributed by atoms with van der Waals surface area (Å²) < 4.78 is 25.5. The lowest BCUT2D eigenvalue weighted by atomic mass is 10.0. The minimum Gasteiger partial charge on any atom is -0.308 e. The summed E-state index contributed by atoms with van der Waals surface area (Å²) in [5.41, 5.74) is 2.35. The molecule has 2 aromatic carbocycles. The molecule has 0 N–H and O–H groups in total. The number of nitrogens with zero attached hydrogens (tertiary/aromatic N) is 2. The van der Waals surface area contributed by atoms with Crippen molar-refractivity contribution in [3.05, 3.63) is 59.7 Å². The number of fused-ring (bicyclic) bond motifs is 1. The number of para-hydroxylation sites is 1. The van der Waals surface area contributed by atoms with Crippen LogP contribution in [0.3, 0.4) is 0 Å². The van der Waals surface area contributed by atoms with E-state index in [1.165, 1.54) is 26.3 Å². The molecule has 0 unspecified atom stereocenters. The van der Waals surface area contributed by atoms with E-state index in [1.807, 2.05) is 24.3 Å². The predicted octanol–water partition coefficient (Wildman–Crippen LogP) is 2.46. The van der Waals surface area contributed by atoms with Crippen molar-refractivity contribution in [3.8, 4) is 0 Å².